The highest BCUT2D eigenvalue weighted by Crippen LogP contribution is 2.50. The molecule has 1 fully saturated rings. The van der Waals surface area contributed by atoms with Crippen LogP contribution in [0.25, 0.3) is 11.6 Å². The molecule has 2 aliphatic rings. The highest BCUT2D eigenvalue weighted by Gasteiger charge is 2.44. The summed E-state index contributed by atoms with van der Waals surface area (Å²) < 4.78 is 0. The van der Waals surface area contributed by atoms with Crippen LogP contribution in [0, 0.1) is 0 Å². The van der Waals surface area contributed by atoms with E-state index in [0.717, 1.165) is 13.0 Å². The van der Waals surface area contributed by atoms with Gasteiger partial charge in [0.05, 0.1) is 16.4 Å². The lowest BCUT2D eigenvalue weighted by molar-refractivity contribution is 0.0716. The monoisotopic (exact) mass is 325 g/mol. The molecule has 1 aliphatic heterocycles. The maximum atomic E-state index is 12.8. The summed E-state index contributed by atoms with van der Waals surface area (Å²) in [6, 6.07) is 8.51. The number of allylic oxidation sites excluding steroid dienone is 1. The molecule has 1 amide bonds. The molecule has 0 radical (unpaired) electrons. The van der Waals surface area contributed by atoms with Crippen molar-refractivity contribution in [2.75, 3.05) is 6.54 Å². The van der Waals surface area contributed by atoms with Gasteiger partial charge in [-0.1, -0.05) is 49.0 Å². The van der Waals surface area contributed by atoms with Crippen LogP contribution in [0.2, 0.25) is 0 Å². The molecule has 2 heterocycles. The number of amides is 1. The first kappa shape index (κ1) is 14.3. The van der Waals surface area contributed by atoms with Crippen molar-refractivity contribution in [2.45, 2.75) is 18.4 Å². The normalized spacial score (nSPS) is 22.9. The number of aromatic nitrogens is 2. The zero-order chi connectivity index (χ0) is 16.1. The summed E-state index contributed by atoms with van der Waals surface area (Å²) in [4.78, 5) is 22.0. The number of hydrogen-bond acceptors (Lipinski definition) is 2. The Morgan fingerprint density at radius 2 is 2.13 bits per heavy atom. The van der Waals surface area contributed by atoms with Gasteiger partial charge in [0.1, 0.15) is 5.35 Å². The van der Waals surface area contributed by atoms with Crippen molar-refractivity contribution in [3.8, 4) is 0 Å². The quantitative estimate of drug-likeness (QED) is 0.918. The van der Waals surface area contributed by atoms with Gasteiger partial charge in [0.25, 0.3) is 5.91 Å². The van der Waals surface area contributed by atoms with Gasteiger partial charge in [-0.3, -0.25) is 4.79 Å². The van der Waals surface area contributed by atoms with E-state index in [9.17, 15) is 4.79 Å². The zero-order valence-corrected chi connectivity index (χ0v) is 13.3. The number of fused-ring (bicyclic) bond motifs is 5. The number of H-pyrrole nitrogens is 1. The number of hydrogen-bond donors (Lipinski definition) is 1. The molecule has 0 spiro atoms. The Labute approximate surface area is 138 Å². The zero-order valence-electron chi connectivity index (χ0n) is 12.6. The number of nitrogens with zero attached hydrogens (tertiary/aromatic N) is 2. The Morgan fingerprint density at radius 3 is 2.87 bits per heavy atom. The van der Waals surface area contributed by atoms with E-state index >= 15 is 0 Å². The third-order valence-electron chi connectivity index (χ3n) is 4.74. The van der Waals surface area contributed by atoms with Crippen molar-refractivity contribution < 1.29 is 4.79 Å². The van der Waals surface area contributed by atoms with Crippen LogP contribution in [-0.4, -0.2) is 27.3 Å². The summed E-state index contributed by atoms with van der Waals surface area (Å²) in [5, 5.41) is 1.40. The lowest BCUT2D eigenvalue weighted by Gasteiger charge is -2.28. The number of imidazole rings is 1. The molecule has 1 aromatic heterocycles. The third-order valence-corrected chi connectivity index (χ3v) is 5.08. The average molecular weight is 326 g/mol. The summed E-state index contributed by atoms with van der Waals surface area (Å²) in [5.74, 6) is 0.615. The highest BCUT2D eigenvalue weighted by atomic mass is 35.5. The number of carbonyl (C=O) groups excluding carboxylic acids is 1. The molecular formula is C18H16ClN3O. The Morgan fingerprint density at radius 1 is 1.39 bits per heavy atom. The molecule has 4 nitrogen and oxygen atoms in total. The van der Waals surface area contributed by atoms with Gasteiger partial charge < -0.3 is 9.88 Å². The smallest absolute Gasteiger partial charge is 0.290 e. The molecule has 1 N–H and O–H groups in total. The molecule has 5 heteroatoms. The Bertz CT molecular complexity index is 930. The van der Waals surface area contributed by atoms with Gasteiger partial charge in [0.15, 0.2) is 5.82 Å². The molecule has 2 aromatic rings. The molecule has 1 aliphatic carbocycles. The molecule has 2 atom stereocenters. The molecule has 2 unspecified atom stereocenters. The first-order valence-electron chi connectivity index (χ1n) is 7.57. The number of aromatic amines is 1. The molecule has 1 saturated heterocycles. The molecule has 0 saturated carbocycles. The minimum absolute atomic E-state index is 0.100. The van der Waals surface area contributed by atoms with E-state index in [-0.39, 0.29) is 17.8 Å². The van der Waals surface area contributed by atoms with Gasteiger partial charge in [-0.05, 0) is 23.6 Å². The van der Waals surface area contributed by atoms with Crippen molar-refractivity contribution in [1.82, 2.24) is 14.9 Å². The Hall–Kier alpha value is -2.33. The van der Waals surface area contributed by atoms with Crippen LogP contribution in [0.4, 0.5) is 0 Å². The fraction of sp³-hybridized carbons (Fsp3) is 0.222. The van der Waals surface area contributed by atoms with Crippen LogP contribution in [-0.2, 0) is 0 Å². The fourth-order valence-corrected chi connectivity index (χ4v) is 3.86. The van der Waals surface area contributed by atoms with Gasteiger partial charge in [-0.15, -0.1) is 0 Å². The number of likely N-dealkylation sites (tertiary alicyclic amines) is 1. The van der Waals surface area contributed by atoms with Crippen molar-refractivity contribution in [3.05, 3.63) is 64.6 Å². The largest absolute Gasteiger partial charge is 0.334 e. The number of halogens is 1. The summed E-state index contributed by atoms with van der Waals surface area (Å²) in [6.07, 6.45) is 2.49. The summed E-state index contributed by atoms with van der Waals surface area (Å²) in [7, 11) is 0. The first-order valence-corrected chi connectivity index (χ1v) is 7.95. The summed E-state index contributed by atoms with van der Waals surface area (Å²) >= 11 is 6.05. The van der Waals surface area contributed by atoms with Crippen LogP contribution in [0.5, 0.6) is 0 Å². The minimum Gasteiger partial charge on any atom is -0.334 e. The van der Waals surface area contributed by atoms with E-state index in [4.69, 9.17) is 11.6 Å². The van der Waals surface area contributed by atoms with Gasteiger partial charge >= 0.3 is 0 Å². The molecule has 2 bridgehead atoms. The predicted octanol–water partition coefficient (Wildman–Crippen LogP) is 2.04. The predicted molar refractivity (Wildman–Crippen MR) is 90.4 cm³/mol. The third kappa shape index (κ3) is 2.05. The van der Waals surface area contributed by atoms with Crippen LogP contribution in [0.1, 0.15) is 40.1 Å². The standard InChI is InChI=1S/C18H16ClN3O/c1-3-14(19)16-10(2)20-17(21-16)18(23)22-9-11-8-15(22)13-7-5-4-6-12(11)13/h3-7,11,15H,1-2,8-9H2,(H,20,21)/b16-14-. The second kappa shape index (κ2) is 5.10. The molecule has 1 aromatic carbocycles. The summed E-state index contributed by atoms with van der Waals surface area (Å²) in [6.45, 7) is 8.22. The summed E-state index contributed by atoms with van der Waals surface area (Å²) in [5.41, 5.74) is 2.64. The topological polar surface area (TPSA) is 49.0 Å². The number of rotatable bonds is 2. The van der Waals surface area contributed by atoms with Gasteiger partial charge in [0, 0.05) is 12.5 Å². The van der Waals surface area contributed by atoms with E-state index < -0.39 is 0 Å². The van der Waals surface area contributed by atoms with E-state index in [1.807, 2.05) is 11.0 Å². The fourth-order valence-electron chi connectivity index (χ4n) is 3.71. The van der Waals surface area contributed by atoms with E-state index in [1.54, 1.807) is 0 Å². The van der Waals surface area contributed by atoms with Crippen molar-refractivity contribution in [2.24, 2.45) is 0 Å². The van der Waals surface area contributed by atoms with E-state index in [2.05, 4.69) is 41.3 Å². The van der Waals surface area contributed by atoms with Gasteiger partial charge in [-0.25, -0.2) is 4.98 Å². The molecular weight excluding hydrogens is 310 g/mol. The van der Waals surface area contributed by atoms with E-state index in [0.29, 0.717) is 21.6 Å². The number of nitrogens with one attached hydrogen (secondary N) is 1. The molecule has 23 heavy (non-hydrogen) atoms. The van der Waals surface area contributed by atoms with Crippen LogP contribution < -0.4 is 10.7 Å². The average Bonchev–Trinajstić information content (AvgIpc) is 3.26. The SMILES string of the molecule is C=C/C(Cl)=c1/nc(C(=O)N2CC3CC2c2ccccc23)[nH]c1=C. The second-order valence-electron chi connectivity index (χ2n) is 6.00. The van der Waals surface area contributed by atoms with E-state index in [1.165, 1.54) is 17.2 Å². The van der Waals surface area contributed by atoms with Gasteiger partial charge in [0.2, 0.25) is 0 Å². The highest BCUT2D eigenvalue weighted by molar-refractivity contribution is 6.47. The van der Waals surface area contributed by atoms with Crippen LogP contribution in [0.3, 0.4) is 0 Å². The Kier molecular flexibility index (Phi) is 3.16. The molecule has 4 rings (SSSR count). The maximum Gasteiger partial charge on any atom is 0.290 e. The number of carbonyl (C=O) groups is 1. The number of benzene rings is 1. The van der Waals surface area contributed by atoms with Crippen molar-refractivity contribution in [1.29, 1.82) is 0 Å². The van der Waals surface area contributed by atoms with Crippen molar-refractivity contribution in [3.63, 3.8) is 0 Å². The first-order chi connectivity index (χ1) is 11.1. The molecule has 116 valence electrons. The second-order valence-corrected chi connectivity index (χ2v) is 6.41. The Balaban J connectivity index is 1.71. The lowest BCUT2D eigenvalue weighted by Crippen LogP contribution is -2.34. The van der Waals surface area contributed by atoms with Crippen molar-refractivity contribution >= 4 is 29.1 Å². The minimum atomic E-state index is -0.100. The van der Waals surface area contributed by atoms with Gasteiger partial charge in [-0.2, -0.15) is 0 Å². The maximum absolute atomic E-state index is 12.8. The lowest BCUT2D eigenvalue weighted by atomic mass is 9.99. The van der Waals surface area contributed by atoms with Crippen LogP contribution >= 0.6 is 11.6 Å². The van der Waals surface area contributed by atoms with Crippen LogP contribution in [0.15, 0.2) is 36.9 Å².